The molecule has 0 unspecified atom stereocenters. The molecule has 4 rings (SSSR count). The zero-order valence-corrected chi connectivity index (χ0v) is 12.7. The summed E-state index contributed by atoms with van der Waals surface area (Å²) in [5, 5.41) is 2.91. The number of anilines is 1. The van der Waals surface area contributed by atoms with Crippen LogP contribution < -0.4 is 5.32 Å². The van der Waals surface area contributed by atoms with Crippen molar-refractivity contribution in [3.8, 4) is 11.3 Å². The van der Waals surface area contributed by atoms with Crippen LogP contribution in [0.1, 0.15) is 49.5 Å². The minimum Gasteiger partial charge on any atom is -0.345 e. The van der Waals surface area contributed by atoms with Crippen LogP contribution in [0, 0.1) is 12.8 Å². The van der Waals surface area contributed by atoms with Crippen molar-refractivity contribution in [1.29, 1.82) is 0 Å². The maximum absolute atomic E-state index is 11.9. The predicted octanol–water partition coefficient (Wildman–Crippen LogP) is 3.40. The van der Waals surface area contributed by atoms with Gasteiger partial charge in [-0.2, -0.15) is 0 Å². The van der Waals surface area contributed by atoms with Gasteiger partial charge in [-0.05, 0) is 44.7 Å². The molecule has 0 radical (unpaired) electrons. The van der Waals surface area contributed by atoms with Crippen LogP contribution in [-0.2, 0) is 4.79 Å². The monoisotopic (exact) mass is 296 g/mol. The van der Waals surface area contributed by atoms with Crippen LogP contribution >= 0.6 is 0 Å². The number of carbonyl (C=O) groups excluding carboxylic acids is 1. The Bertz CT molecular complexity index is 713. The molecule has 0 aliphatic heterocycles. The Morgan fingerprint density at radius 2 is 2.14 bits per heavy atom. The van der Waals surface area contributed by atoms with Crippen molar-refractivity contribution in [2.45, 2.75) is 44.9 Å². The van der Waals surface area contributed by atoms with Gasteiger partial charge in [-0.3, -0.25) is 4.79 Å². The van der Waals surface area contributed by atoms with Crippen LogP contribution in [0.25, 0.3) is 11.3 Å². The van der Waals surface area contributed by atoms with Gasteiger partial charge in [0.15, 0.2) is 0 Å². The van der Waals surface area contributed by atoms with E-state index >= 15 is 0 Å². The third kappa shape index (κ3) is 2.51. The third-order valence-electron chi connectivity index (χ3n) is 4.60. The summed E-state index contributed by atoms with van der Waals surface area (Å²) < 4.78 is 0. The normalized spacial score (nSPS) is 18.0. The molecule has 0 atom stereocenters. The fourth-order valence-electron chi connectivity index (χ4n) is 2.94. The largest absolute Gasteiger partial charge is 0.345 e. The van der Waals surface area contributed by atoms with E-state index in [0.717, 1.165) is 29.9 Å². The minimum absolute atomic E-state index is 0.0853. The molecule has 2 N–H and O–H groups in total. The lowest BCUT2D eigenvalue weighted by molar-refractivity contribution is -0.117. The van der Waals surface area contributed by atoms with Crippen LogP contribution in [0.5, 0.6) is 0 Å². The molecule has 2 aliphatic carbocycles. The van der Waals surface area contributed by atoms with Crippen LogP contribution in [0.2, 0.25) is 0 Å². The highest BCUT2D eigenvalue weighted by Gasteiger charge is 2.30. The zero-order valence-electron chi connectivity index (χ0n) is 12.7. The van der Waals surface area contributed by atoms with Crippen molar-refractivity contribution in [2.75, 3.05) is 5.32 Å². The lowest BCUT2D eigenvalue weighted by Crippen LogP contribution is -2.14. The van der Waals surface area contributed by atoms with Gasteiger partial charge in [0.1, 0.15) is 11.6 Å². The second kappa shape index (κ2) is 5.23. The molecule has 2 heterocycles. The molecule has 5 heteroatoms. The first kappa shape index (κ1) is 13.5. The number of aromatic amines is 1. The van der Waals surface area contributed by atoms with Crippen molar-refractivity contribution in [3.63, 3.8) is 0 Å². The van der Waals surface area contributed by atoms with Crippen molar-refractivity contribution >= 4 is 11.7 Å². The van der Waals surface area contributed by atoms with Gasteiger partial charge in [0.05, 0.1) is 5.69 Å². The van der Waals surface area contributed by atoms with Gasteiger partial charge in [-0.1, -0.05) is 6.42 Å². The first-order valence-corrected chi connectivity index (χ1v) is 8.04. The first-order chi connectivity index (χ1) is 10.7. The van der Waals surface area contributed by atoms with E-state index in [9.17, 15) is 4.79 Å². The van der Waals surface area contributed by atoms with Crippen LogP contribution in [0.15, 0.2) is 18.3 Å². The van der Waals surface area contributed by atoms with Crippen molar-refractivity contribution in [1.82, 2.24) is 15.0 Å². The number of rotatable bonds is 4. The lowest BCUT2D eigenvalue weighted by Gasteiger charge is -2.25. The molecule has 2 aromatic heterocycles. The maximum Gasteiger partial charge on any atom is 0.228 e. The van der Waals surface area contributed by atoms with Crippen LogP contribution in [0.3, 0.4) is 0 Å². The molecule has 0 bridgehead atoms. The summed E-state index contributed by atoms with van der Waals surface area (Å²) >= 11 is 0. The van der Waals surface area contributed by atoms with Gasteiger partial charge in [-0.25, -0.2) is 9.97 Å². The molecule has 2 fully saturated rings. The summed E-state index contributed by atoms with van der Waals surface area (Å²) in [6.07, 6.45) is 7.48. The van der Waals surface area contributed by atoms with Crippen molar-refractivity contribution in [2.24, 2.45) is 5.92 Å². The molecular formula is C17H20N4O. The number of nitrogens with zero attached hydrogens (tertiary/aromatic N) is 2. The van der Waals surface area contributed by atoms with Crippen LogP contribution in [-0.4, -0.2) is 20.9 Å². The number of nitrogens with one attached hydrogen (secondary N) is 2. The van der Waals surface area contributed by atoms with Crippen LogP contribution in [0.4, 0.5) is 5.82 Å². The smallest absolute Gasteiger partial charge is 0.228 e. The lowest BCUT2D eigenvalue weighted by atomic mass is 9.81. The van der Waals surface area contributed by atoms with Crippen molar-refractivity contribution in [3.05, 3.63) is 29.8 Å². The summed E-state index contributed by atoms with van der Waals surface area (Å²) in [5.41, 5.74) is 3.26. The average Bonchev–Trinajstić information content (AvgIpc) is 3.22. The number of hydrogen-bond donors (Lipinski definition) is 2. The summed E-state index contributed by atoms with van der Waals surface area (Å²) in [7, 11) is 0. The Labute approximate surface area is 129 Å². The first-order valence-electron chi connectivity index (χ1n) is 8.04. The third-order valence-corrected chi connectivity index (χ3v) is 4.60. The number of carbonyl (C=O) groups is 1. The Kier molecular flexibility index (Phi) is 3.21. The van der Waals surface area contributed by atoms with Gasteiger partial charge < -0.3 is 10.3 Å². The molecule has 0 aromatic carbocycles. The average molecular weight is 296 g/mol. The summed E-state index contributed by atoms with van der Waals surface area (Å²) in [6, 6.07) is 3.89. The van der Waals surface area contributed by atoms with E-state index in [1.807, 2.05) is 19.1 Å². The van der Waals surface area contributed by atoms with Crippen molar-refractivity contribution < 1.29 is 4.79 Å². The van der Waals surface area contributed by atoms with E-state index in [1.54, 1.807) is 6.20 Å². The van der Waals surface area contributed by atoms with E-state index in [-0.39, 0.29) is 11.8 Å². The molecule has 114 valence electrons. The molecule has 0 saturated heterocycles. The Morgan fingerprint density at radius 3 is 2.82 bits per heavy atom. The summed E-state index contributed by atoms with van der Waals surface area (Å²) in [4.78, 5) is 24.2. The maximum atomic E-state index is 11.9. The highest BCUT2D eigenvalue weighted by molar-refractivity contribution is 5.93. The number of pyridine rings is 1. The number of aromatic nitrogens is 3. The molecular weight excluding hydrogens is 276 g/mol. The molecule has 22 heavy (non-hydrogen) atoms. The Balaban J connectivity index is 1.63. The van der Waals surface area contributed by atoms with Gasteiger partial charge >= 0.3 is 0 Å². The number of hydrogen-bond acceptors (Lipinski definition) is 3. The molecule has 0 spiro atoms. The highest BCUT2D eigenvalue weighted by atomic mass is 16.2. The summed E-state index contributed by atoms with van der Waals surface area (Å²) in [6.45, 7) is 1.99. The summed E-state index contributed by atoms with van der Waals surface area (Å²) in [5.74, 6) is 2.42. The quantitative estimate of drug-likeness (QED) is 0.908. The van der Waals surface area contributed by atoms with Gasteiger partial charge in [0.25, 0.3) is 0 Å². The zero-order chi connectivity index (χ0) is 15.1. The highest BCUT2D eigenvalue weighted by Crippen LogP contribution is 2.40. The van der Waals surface area contributed by atoms with E-state index in [4.69, 9.17) is 0 Å². The predicted molar refractivity (Wildman–Crippen MR) is 84.5 cm³/mol. The number of imidazole rings is 1. The molecule has 2 saturated carbocycles. The fraction of sp³-hybridized carbons (Fsp3) is 0.471. The molecule has 2 aliphatic rings. The van der Waals surface area contributed by atoms with E-state index in [2.05, 4.69) is 20.3 Å². The van der Waals surface area contributed by atoms with E-state index in [1.165, 1.54) is 25.0 Å². The topological polar surface area (TPSA) is 70.7 Å². The van der Waals surface area contributed by atoms with Gasteiger partial charge in [-0.15, -0.1) is 0 Å². The SMILES string of the molecule is Cc1nc(-c2ccnc(NC(=O)C3CC3)c2)c(C2CCC2)[nH]1. The Morgan fingerprint density at radius 1 is 1.32 bits per heavy atom. The van der Waals surface area contributed by atoms with Gasteiger partial charge in [0.2, 0.25) is 5.91 Å². The van der Waals surface area contributed by atoms with Gasteiger partial charge in [0, 0.05) is 29.3 Å². The number of amides is 1. The fourth-order valence-corrected chi connectivity index (χ4v) is 2.94. The second-order valence-corrected chi connectivity index (χ2v) is 6.41. The molecule has 1 amide bonds. The minimum atomic E-state index is 0.0853. The number of aryl methyl sites for hydroxylation is 1. The van der Waals surface area contributed by atoms with E-state index in [0.29, 0.717) is 11.7 Å². The standard InChI is InChI=1S/C17H20N4O/c1-10-19-15(11-3-2-4-11)16(20-10)13-7-8-18-14(9-13)21-17(22)12-5-6-12/h7-9,11-12H,2-6H2,1H3,(H,19,20)(H,18,21,22). The Hall–Kier alpha value is -2.17. The number of H-pyrrole nitrogens is 1. The molecule has 5 nitrogen and oxygen atoms in total. The van der Waals surface area contributed by atoms with E-state index < -0.39 is 0 Å². The molecule has 2 aromatic rings. The second-order valence-electron chi connectivity index (χ2n) is 6.41.